The van der Waals surface area contributed by atoms with Crippen molar-refractivity contribution in [3.63, 3.8) is 0 Å². The molecule has 0 saturated heterocycles. The highest BCUT2D eigenvalue weighted by atomic mass is 16.6. The molecule has 6 heteroatoms. The van der Waals surface area contributed by atoms with Crippen LogP contribution in [0.2, 0.25) is 0 Å². The highest BCUT2D eigenvalue weighted by Gasteiger charge is 2.19. The maximum Gasteiger partial charge on any atom is 0.291 e. The second-order valence-electron chi connectivity index (χ2n) is 5.92. The molecule has 4 rings (SSSR count). The van der Waals surface area contributed by atoms with Crippen LogP contribution < -0.4 is 5.32 Å². The number of hydrogen-bond donors (Lipinski definition) is 1. The molecule has 0 aliphatic rings. The Hall–Kier alpha value is -3.93. The molecule has 6 nitrogen and oxygen atoms in total. The Kier molecular flexibility index (Phi) is 4.14. The number of rotatable bonds is 4. The summed E-state index contributed by atoms with van der Waals surface area (Å²) in [6, 6.07) is 22.7. The Morgan fingerprint density at radius 1 is 0.889 bits per heavy atom. The van der Waals surface area contributed by atoms with Crippen LogP contribution in [0.15, 0.2) is 83.3 Å². The third kappa shape index (κ3) is 3.16. The lowest BCUT2D eigenvalue weighted by Gasteiger charge is -2.07. The average Bonchev–Trinajstić information content (AvgIpc) is 3.18. The van der Waals surface area contributed by atoms with Crippen LogP contribution in [0.4, 0.5) is 11.4 Å². The molecule has 1 heterocycles. The van der Waals surface area contributed by atoms with Gasteiger partial charge in [-0.25, -0.2) is 0 Å². The fourth-order valence-corrected chi connectivity index (χ4v) is 2.96. The van der Waals surface area contributed by atoms with E-state index in [2.05, 4.69) is 5.32 Å². The van der Waals surface area contributed by atoms with Gasteiger partial charge in [0.1, 0.15) is 5.76 Å². The molecule has 0 fully saturated rings. The van der Waals surface area contributed by atoms with Gasteiger partial charge in [0.25, 0.3) is 11.6 Å². The summed E-state index contributed by atoms with van der Waals surface area (Å²) in [6.45, 7) is 0. The summed E-state index contributed by atoms with van der Waals surface area (Å²) in [6.07, 6.45) is 0. The second kappa shape index (κ2) is 6.76. The Balaban J connectivity index is 1.64. The standard InChI is InChI=1S/C21H14N2O4/c24-21(22-17-10-5-7-14-6-1-2-8-15(14)17)20-13-12-19(27-20)16-9-3-4-11-18(16)23(25)26/h1-13H,(H,22,24). The number of hydrogen-bond acceptors (Lipinski definition) is 4. The van der Waals surface area contributed by atoms with Crippen LogP contribution in [0, 0.1) is 10.1 Å². The van der Waals surface area contributed by atoms with Crippen molar-refractivity contribution in [2.24, 2.45) is 0 Å². The summed E-state index contributed by atoms with van der Waals surface area (Å²) >= 11 is 0. The molecule has 27 heavy (non-hydrogen) atoms. The van der Waals surface area contributed by atoms with E-state index in [1.807, 2.05) is 42.5 Å². The first-order chi connectivity index (χ1) is 13.1. The van der Waals surface area contributed by atoms with Gasteiger partial charge in [-0.15, -0.1) is 0 Å². The van der Waals surface area contributed by atoms with Crippen LogP contribution in [0.3, 0.4) is 0 Å². The van der Waals surface area contributed by atoms with Gasteiger partial charge in [-0.2, -0.15) is 0 Å². The van der Waals surface area contributed by atoms with Crippen molar-refractivity contribution in [2.75, 3.05) is 5.32 Å². The van der Waals surface area contributed by atoms with Crippen LogP contribution in [0.1, 0.15) is 10.6 Å². The largest absolute Gasteiger partial charge is 0.451 e. The van der Waals surface area contributed by atoms with E-state index in [9.17, 15) is 14.9 Å². The molecule has 0 atom stereocenters. The van der Waals surface area contributed by atoms with Gasteiger partial charge in [-0.3, -0.25) is 14.9 Å². The Bertz CT molecular complexity index is 1160. The van der Waals surface area contributed by atoms with Gasteiger partial charge in [0.15, 0.2) is 5.76 Å². The molecule has 0 spiro atoms. The summed E-state index contributed by atoms with van der Waals surface area (Å²) in [5, 5.41) is 15.9. The molecule has 1 N–H and O–H groups in total. The minimum Gasteiger partial charge on any atom is -0.451 e. The van der Waals surface area contributed by atoms with E-state index in [1.165, 1.54) is 12.1 Å². The molecule has 1 amide bonds. The molecule has 0 unspecified atom stereocenters. The zero-order valence-corrected chi connectivity index (χ0v) is 14.1. The summed E-state index contributed by atoms with van der Waals surface area (Å²) in [4.78, 5) is 23.3. The highest BCUT2D eigenvalue weighted by Crippen LogP contribution is 2.31. The van der Waals surface area contributed by atoms with Crippen molar-refractivity contribution in [1.82, 2.24) is 0 Å². The molecule has 1 aromatic heterocycles. The van der Waals surface area contributed by atoms with Gasteiger partial charge < -0.3 is 9.73 Å². The first kappa shape index (κ1) is 16.5. The SMILES string of the molecule is O=C(Nc1cccc2ccccc12)c1ccc(-c2ccccc2[N+](=O)[O-])o1. The smallest absolute Gasteiger partial charge is 0.291 e. The molecular weight excluding hydrogens is 344 g/mol. The number of anilines is 1. The summed E-state index contributed by atoms with van der Waals surface area (Å²) in [5.41, 5.74) is 0.918. The lowest BCUT2D eigenvalue weighted by atomic mass is 10.1. The minimum atomic E-state index is -0.478. The lowest BCUT2D eigenvalue weighted by molar-refractivity contribution is -0.384. The molecule has 0 aliphatic carbocycles. The van der Waals surface area contributed by atoms with Crippen LogP contribution in [0.25, 0.3) is 22.1 Å². The number of nitro groups is 1. The molecule has 0 bridgehead atoms. The second-order valence-corrected chi connectivity index (χ2v) is 5.92. The Labute approximate surface area is 154 Å². The van der Waals surface area contributed by atoms with Crippen molar-refractivity contribution in [2.45, 2.75) is 0 Å². The molecule has 132 valence electrons. The number of nitro benzene ring substituents is 1. The van der Waals surface area contributed by atoms with E-state index in [0.29, 0.717) is 11.3 Å². The van der Waals surface area contributed by atoms with Crippen molar-refractivity contribution >= 4 is 28.1 Å². The van der Waals surface area contributed by atoms with Crippen molar-refractivity contribution in [1.29, 1.82) is 0 Å². The van der Waals surface area contributed by atoms with E-state index in [-0.39, 0.29) is 17.2 Å². The first-order valence-electron chi connectivity index (χ1n) is 8.26. The number of nitrogens with zero attached hydrogens (tertiary/aromatic N) is 1. The van der Waals surface area contributed by atoms with Crippen LogP contribution >= 0.6 is 0 Å². The Morgan fingerprint density at radius 2 is 1.63 bits per heavy atom. The first-order valence-corrected chi connectivity index (χ1v) is 8.26. The summed E-state index contributed by atoms with van der Waals surface area (Å²) in [5.74, 6) is -0.0716. The predicted octanol–water partition coefficient (Wildman–Crippen LogP) is 5.26. The zero-order chi connectivity index (χ0) is 18.8. The fourth-order valence-electron chi connectivity index (χ4n) is 2.96. The maximum atomic E-state index is 12.6. The van der Waals surface area contributed by atoms with Crippen molar-refractivity contribution < 1.29 is 14.1 Å². The van der Waals surface area contributed by atoms with Gasteiger partial charge in [-0.05, 0) is 29.7 Å². The van der Waals surface area contributed by atoms with Crippen molar-refractivity contribution in [3.05, 3.63) is 94.7 Å². The van der Waals surface area contributed by atoms with Gasteiger partial charge in [0.2, 0.25) is 0 Å². The Morgan fingerprint density at radius 3 is 2.48 bits per heavy atom. The number of furan rings is 1. The van der Waals surface area contributed by atoms with E-state index >= 15 is 0 Å². The van der Waals surface area contributed by atoms with Crippen LogP contribution in [-0.4, -0.2) is 10.8 Å². The fraction of sp³-hybridized carbons (Fsp3) is 0. The molecule has 0 radical (unpaired) electrons. The normalized spacial score (nSPS) is 10.7. The van der Waals surface area contributed by atoms with Gasteiger partial charge in [0.05, 0.1) is 10.5 Å². The predicted molar refractivity (Wildman–Crippen MR) is 103 cm³/mol. The molecule has 0 saturated carbocycles. The van der Waals surface area contributed by atoms with Crippen molar-refractivity contribution in [3.8, 4) is 11.3 Å². The maximum absolute atomic E-state index is 12.6. The third-order valence-electron chi connectivity index (χ3n) is 4.23. The molecule has 0 aliphatic heterocycles. The quantitative estimate of drug-likeness (QED) is 0.398. The number of amides is 1. The van der Waals surface area contributed by atoms with Gasteiger partial charge in [-0.1, -0.05) is 48.5 Å². The number of benzene rings is 3. The number of carbonyl (C=O) groups is 1. The lowest BCUT2D eigenvalue weighted by Crippen LogP contribution is -2.11. The molecular formula is C21H14N2O4. The van der Waals surface area contributed by atoms with Gasteiger partial charge >= 0.3 is 0 Å². The number of carbonyl (C=O) groups excluding carboxylic acids is 1. The zero-order valence-electron chi connectivity index (χ0n) is 14.1. The van der Waals surface area contributed by atoms with Crippen LogP contribution in [-0.2, 0) is 0 Å². The van der Waals surface area contributed by atoms with E-state index in [1.54, 1.807) is 24.3 Å². The molecule has 4 aromatic rings. The average molecular weight is 358 g/mol. The topological polar surface area (TPSA) is 85.4 Å². The van der Waals surface area contributed by atoms with Gasteiger partial charge in [0, 0.05) is 17.1 Å². The number of nitrogens with one attached hydrogen (secondary N) is 1. The third-order valence-corrected chi connectivity index (χ3v) is 4.23. The summed E-state index contributed by atoms with van der Waals surface area (Å²) in [7, 11) is 0. The summed E-state index contributed by atoms with van der Waals surface area (Å²) < 4.78 is 5.59. The van der Waals surface area contributed by atoms with E-state index in [4.69, 9.17) is 4.42 Å². The highest BCUT2D eigenvalue weighted by molar-refractivity contribution is 6.08. The minimum absolute atomic E-state index is 0.0761. The monoisotopic (exact) mass is 358 g/mol. The number of fused-ring (bicyclic) bond motifs is 1. The number of para-hydroxylation sites is 1. The molecule has 3 aromatic carbocycles. The van der Waals surface area contributed by atoms with Crippen LogP contribution in [0.5, 0.6) is 0 Å². The van der Waals surface area contributed by atoms with E-state index in [0.717, 1.165) is 10.8 Å². The van der Waals surface area contributed by atoms with E-state index < -0.39 is 10.8 Å².